The minimum atomic E-state index is -0.406. The molecule has 1 aromatic carbocycles. The number of nitrogens with one attached hydrogen (secondary N) is 2. The van der Waals surface area contributed by atoms with Gasteiger partial charge in [0.1, 0.15) is 5.15 Å². The summed E-state index contributed by atoms with van der Waals surface area (Å²) in [6.45, 7) is 7.83. The summed E-state index contributed by atoms with van der Waals surface area (Å²) in [7, 11) is 0. The van der Waals surface area contributed by atoms with E-state index in [1.165, 1.54) is 5.56 Å². The molecule has 0 atom stereocenters. The van der Waals surface area contributed by atoms with Crippen LogP contribution in [0.2, 0.25) is 5.15 Å². The van der Waals surface area contributed by atoms with Crippen molar-refractivity contribution in [3.63, 3.8) is 0 Å². The van der Waals surface area contributed by atoms with Crippen molar-refractivity contribution in [3.05, 3.63) is 51.8 Å². The van der Waals surface area contributed by atoms with Gasteiger partial charge in [0.25, 0.3) is 5.91 Å². The van der Waals surface area contributed by atoms with E-state index in [1.54, 1.807) is 11.6 Å². The van der Waals surface area contributed by atoms with Crippen molar-refractivity contribution < 1.29 is 9.59 Å². The summed E-state index contributed by atoms with van der Waals surface area (Å²) in [6.07, 6.45) is 0. The van der Waals surface area contributed by atoms with Crippen LogP contribution in [0.1, 0.15) is 41.0 Å². The SMILES string of the molecule is Cc1ccc(Cn2nc(C)c(C(=O)NCC(=O)NC(C)C)c2Cl)cc1. The molecule has 2 N–H and O–H groups in total. The average Bonchev–Trinajstić information content (AvgIpc) is 2.81. The zero-order chi connectivity index (χ0) is 18.6. The predicted octanol–water partition coefficient (Wildman–Crippen LogP) is 2.46. The Labute approximate surface area is 152 Å². The van der Waals surface area contributed by atoms with Crippen molar-refractivity contribution in [2.75, 3.05) is 6.54 Å². The molecule has 0 aliphatic rings. The number of nitrogens with zero attached hydrogens (tertiary/aromatic N) is 2. The lowest BCUT2D eigenvalue weighted by molar-refractivity contribution is -0.120. The molecule has 2 amide bonds. The van der Waals surface area contributed by atoms with Crippen LogP contribution in [0.3, 0.4) is 0 Å². The summed E-state index contributed by atoms with van der Waals surface area (Å²) < 4.78 is 1.59. The lowest BCUT2D eigenvalue weighted by Gasteiger charge is -2.09. The molecule has 25 heavy (non-hydrogen) atoms. The van der Waals surface area contributed by atoms with Crippen molar-refractivity contribution >= 4 is 23.4 Å². The van der Waals surface area contributed by atoms with Crippen LogP contribution in [0.15, 0.2) is 24.3 Å². The number of aryl methyl sites for hydroxylation is 2. The lowest BCUT2D eigenvalue weighted by atomic mass is 10.1. The van der Waals surface area contributed by atoms with Crippen LogP contribution < -0.4 is 10.6 Å². The molecule has 0 spiro atoms. The van der Waals surface area contributed by atoms with E-state index in [9.17, 15) is 9.59 Å². The highest BCUT2D eigenvalue weighted by Gasteiger charge is 2.21. The predicted molar refractivity (Wildman–Crippen MR) is 97.9 cm³/mol. The quantitative estimate of drug-likeness (QED) is 0.828. The summed E-state index contributed by atoms with van der Waals surface area (Å²) >= 11 is 6.34. The zero-order valence-electron chi connectivity index (χ0n) is 14.9. The number of hydrogen-bond acceptors (Lipinski definition) is 3. The molecule has 0 aliphatic carbocycles. The fourth-order valence-electron chi connectivity index (χ4n) is 2.40. The first-order valence-corrected chi connectivity index (χ1v) is 8.51. The lowest BCUT2D eigenvalue weighted by Crippen LogP contribution is -2.39. The molecule has 0 fully saturated rings. The Morgan fingerprint density at radius 3 is 2.44 bits per heavy atom. The molecule has 1 heterocycles. The van der Waals surface area contributed by atoms with Gasteiger partial charge in [-0.05, 0) is 33.3 Å². The number of hydrogen-bond donors (Lipinski definition) is 2. The molecule has 2 aromatic rings. The minimum Gasteiger partial charge on any atom is -0.352 e. The van der Waals surface area contributed by atoms with Gasteiger partial charge in [0.2, 0.25) is 5.91 Å². The largest absolute Gasteiger partial charge is 0.352 e. The Hall–Kier alpha value is -2.34. The van der Waals surface area contributed by atoms with Crippen molar-refractivity contribution in [1.82, 2.24) is 20.4 Å². The highest BCUT2D eigenvalue weighted by molar-refractivity contribution is 6.33. The Bertz CT molecular complexity index is 766. The van der Waals surface area contributed by atoms with Crippen LogP contribution in [0.4, 0.5) is 0 Å². The van der Waals surface area contributed by atoms with Crippen LogP contribution in [0.25, 0.3) is 0 Å². The van der Waals surface area contributed by atoms with E-state index >= 15 is 0 Å². The smallest absolute Gasteiger partial charge is 0.256 e. The number of benzene rings is 1. The van der Waals surface area contributed by atoms with E-state index in [4.69, 9.17) is 11.6 Å². The van der Waals surface area contributed by atoms with Crippen molar-refractivity contribution in [3.8, 4) is 0 Å². The Morgan fingerprint density at radius 2 is 1.84 bits per heavy atom. The molecule has 0 bridgehead atoms. The fourth-order valence-corrected chi connectivity index (χ4v) is 2.72. The number of carbonyl (C=O) groups excluding carboxylic acids is 2. The first-order chi connectivity index (χ1) is 11.8. The maximum absolute atomic E-state index is 12.4. The Kier molecular flexibility index (Phi) is 6.20. The van der Waals surface area contributed by atoms with Gasteiger partial charge in [-0.15, -0.1) is 0 Å². The maximum atomic E-state index is 12.4. The average molecular weight is 363 g/mol. The maximum Gasteiger partial charge on any atom is 0.256 e. The van der Waals surface area contributed by atoms with Gasteiger partial charge in [0.05, 0.1) is 24.3 Å². The van der Waals surface area contributed by atoms with Gasteiger partial charge in [-0.25, -0.2) is 4.68 Å². The molecule has 6 nitrogen and oxygen atoms in total. The van der Waals surface area contributed by atoms with Crippen molar-refractivity contribution in [2.45, 2.75) is 40.3 Å². The summed E-state index contributed by atoms with van der Waals surface area (Å²) in [4.78, 5) is 24.0. The summed E-state index contributed by atoms with van der Waals surface area (Å²) in [6, 6.07) is 8.05. The zero-order valence-corrected chi connectivity index (χ0v) is 15.6. The molecule has 7 heteroatoms. The molecule has 2 rings (SSSR count). The highest BCUT2D eigenvalue weighted by atomic mass is 35.5. The second-order valence-corrected chi connectivity index (χ2v) is 6.66. The number of carbonyl (C=O) groups is 2. The molecular formula is C18H23ClN4O2. The number of amides is 2. The number of rotatable bonds is 6. The molecule has 0 radical (unpaired) electrons. The second kappa shape index (κ2) is 8.16. The van der Waals surface area contributed by atoms with Crippen LogP contribution in [-0.4, -0.2) is 34.2 Å². The third-order valence-corrected chi connectivity index (χ3v) is 3.99. The normalized spacial score (nSPS) is 10.8. The molecular weight excluding hydrogens is 340 g/mol. The van der Waals surface area contributed by atoms with Crippen LogP contribution in [-0.2, 0) is 11.3 Å². The van der Waals surface area contributed by atoms with Crippen molar-refractivity contribution in [2.24, 2.45) is 0 Å². The molecule has 0 aliphatic heterocycles. The molecule has 0 unspecified atom stereocenters. The van der Waals surface area contributed by atoms with Gasteiger partial charge in [-0.2, -0.15) is 5.10 Å². The standard InChI is InChI=1S/C18H23ClN4O2/c1-11(2)21-15(24)9-20-18(25)16-13(4)22-23(17(16)19)10-14-7-5-12(3)6-8-14/h5-8,11H,9-10H2,1-4H3,(H,20,25)(H,21,24). The van der Waals surface area contributed by atoms with Gasteiger partial charge in [-0.3, -0.25) is 9.59 Å². The van der Waals surface area contributed by atoms with Gasteiger partial charge in [-0.1, -0.05) is 41.4 Å². The molecule has 0 saturated heterocycles. The van der Waals surface area contributed by atoms with Crippen molar-refractivity contribution in [1.29, 1.82) is 0 Å². The second-order valence-electron chi connectivity index (χ2n) is 6.30. The topological polar surface area (TPSA) is 76.0 Å². The first kappa shape index (κ1) is 19.0. The minimum absolute atomic E-state index is 0.0204. The third-order valence-electron chi connectivity index (χ3n) is 3.60. The van der Waals surface area contributed by atoms with Gasteiger partial charge < -0.3 is 10.6 Å². The molecule has 1 aromatic heterocycles. The third kappa shape index (κ3) is 5.06. The highest BCUT2D eigenvalue weighted by Crippen LogP contribution is 2.21. The van der Waals surface area contributed by atoms with E-state index in [0.29, 0.717) is 17.8 Å². The van der Waals surface area contributed by atoms with Crippen LogP contribution >= 0.6 is 11.6 Å². The van der Waals surface area contributed by atoms with Gasteiger partial charge in [0, 0.05) is 6.04 Å². The van der Waals surface area contributed by atoms with E-state index in [1.807, 2.05) is 45.0 Å². The Balaban J connectivity index is 2.09. The van der Waals surface area contributed by atoms with Crippen LogP contribution in [0.5, 0.6) is 0 Å². The summed E-state index contributed by atoms with van der Waals surface area (Å²) in [5.41, 5.74) is 3.04. The number of halogens is 1. The van der Waals surface area contributed by atoms with E-state index < -0.39 is 5.91 Å². The summed E-state index contributed by atoms with van der Waals surface area (Å²) in [5.74, 6) is -0.652. The monoisotopic (exact) mass is 362 g/mol. The number of aromatic nitrogens is 2. The Morgan fingerprint density at radius 1 is 1.20 bits per heavy atom. The first-order valence-electron chi connectivity index (χ1n) is 8.14. The van der Waals surface area contributed by atoms with E-state index in [0.717, 1.165) is 5.56 Å². The fraction of sp³-hybridized carbons (Fsp3) is 0.389. The van der Waals surface area contributed by atoms with E-state index in [2.05, 4.69) is 15.7 Å². The van der Waals surface area contributed by atoms with Gasteiger partial charge in [0.15, 0.2) is 0 Å². The van der Waals surface area contributed by atoms with Gasteiger partial charge >= 0.3 is 0 Å². The van der Waals surface area contributed by atoms with Crippen LogP contribution in [0, 0.1) is 13.8 Å². The molecule has 134 valence electrons. The molecule has 0 saturated carbocycles. The summed E-state index contributed by atoms with van der Waals surface area (Å²) in [5, 5.41) is 9.91. The van der Waals surface area contributed by atoms with E-state index in [-0.39, 0.29) is 23.6 Å².